The summed E-state index contributed by atoms with van der Waals surface area (Å²) in [5, 5.41) is 6.60. The predicted molar refractivity (Wildman–Crippen MR) is 77.2 cm³/mol. The van der Waals surface area contributed by atoms with Crippen LogP contribution in [0.1, 0.15) is 19.4 Å². The second kappa shape index (κ2) is 4.82. The van der Waals surface area contributed by atoms with Crippen LogP contribution < -0.4 is 5.73 Å². The van der Waals surface area contributed by atoms with Crippen LogP contribution in [-0.2, 0) is 13.5 Å². The van der Waals surface area contributed by atoms with Gasteiger partial charge in [0.05, 0.1) is 4.88 Å². The van der Waals surface area contributed by atoms with E-state index in [1.807, 2.05) is 13.1 Å². The largest absolute Gasteiger partial charge is 0.384 e. The molecule has 2 N–H and O–H groups in total. The van der Waals surface area contributed by atoms with Crippen LogP contribution in [0.15, 0.2) is 15.9 Å². The van der Waals surface area contributed by atoms with E-state index in [1.165, 1.54) is 0 Å². The number of nitrogens with two attached hydrogens (primary N) is 1. The number of nitrogens with zero attached hydrogens (tertiary/aromatic N) is 2. The quantitative estimate of drug-likeness (QED) is 0.939. The zero-order valence-corrected chi connectivity index (χ0v) is 12.6. The number of hydrogen-bond donors (Lipinski definition) is 1. The Morgan fingerprint density at radius 3 is 2.76 bits per heavy atom. The smallest absolute Gasteiger partial charge is 0.125 e. The highest BCUT2D eigenvalue weighted by atomic mass is 79.9. The van der Waals surface area contributed by atoms with Crippen LogP contribution >= 0.6 is 27.3 Å². The number of anilines is 1. The van der Waals surface area contributed by atoms with Gasteiger partial charge in [-0.1, -0.05) is 13.8 Å². The minimum atomic E-state index is 0.569. The van der Waals surface area contributed by atoms with Crippen LogP contribution in [0.25, 0.3) is 10.6 Å². The molecule has 0 saturated carbocycles. The van der Waals surface area contributed by atoms with E-state index in [0.717, 1.165) is 32.8 Å². The van der Waals surface area contributed by atoms with E-state index in [1.54, 1.807) is 16.0 Å². The van der Waals surface area contributed by atoms with Crippen LogP contribution in [-0.4, -0.2) is 9.78 Å². The van der Waals surface area contributed by atoms with Gasteiger partial charge in [-0.05, 0) is 39.7 Å². The first-order valence-corrected chi connectivity index (χ1v) is 7.22. The molecule has 2 heterocycles. The lowest BCUT2D eigenvalue weighted by atomic mass is 10.0. The molecule has 0 aliphatic heterocycles. The number of halogens is 1. The Hall–Kier alpha value is -0.810. The van der Waals surface area contributed by atoms with Crippen molar-refractivity contribution in [3.63, 3.8) is 0 Å². The van der Waals surface area contributed by atoms with E-state index < -0.39 is 0 Å². The first-order chi connectivity index (χ1) is 8.00. The molecule has 0 unspecified atom stereocenters. The van der Waals surface area contributed by atoms with Crippen LogP contribution in [0.5, 0.6) is 0 Å². The molecule has 2 aromatic heterocycles. The van der Waals surface area contributed by atoms with Crippen molar-refractivity contribution >= 4 is 33.1 Å². The second-order valence-electron chi connectivity index (χ2n) is 4.53. The van der Waals surface area contributed by atoms with Gasteiger partial charge < -0.3 is 5.73 Å². The molecule has 0 bridgehead atoms. The van der Waals surface area contributed by atoms with Gasteiger partial charge in [-0.15, -0.1) is 11.3 Å². The van der Waals surface area contributed by atoms with Crippen LogP contribution in [0.3, 0.4) is 0 Å². The highest BCUT2D eigenvalue weighted by molar-refractivity contribution is 9.10. The molecule has 92 valence electrons. The van der Waals surface area contributed by atoms with Crippen LogP contribution in [0, 0.1) is 5.92 Å². The molecule has 0 aliphatic rings. The minimum Gasteiger partial charge on any atom is -0.384 e. The highest BCUT2D eigenvalue weighted by Crippen LogP contribution is 2.37. The maximum Gasteiger partial charge on any atom is 0.125 e. The third-order valence-electron chi connectivity index (χ3n) is 2.64. The Balaban J connectivity index is 2.54. The number of rotatable bonds is 3. The number of nitrogen functional groups attached to an aromatic ring is 1. The highest BCUT2D eigenvalue weighted by Gasteiger charge is 2.19. The first-order valence-electron chi connectivity index (χ1n) is 5.55. The van der Waals surface area contributed by atoms with E-state index in [4.69, 9.17) is 5.73 Å². The third kappa shape index (κ3) is 2.40. The van der Waals surface area contributed by atoms with Crippen molar-refractivity contribution in [3.05, 3.63) is 21.5 Å². The molecule has 0 fully saturated rings. The summed E-state index contributed by atoms with van der Waals surface area (Å²) < 4.78 is 2.85. The fourth-order valence-electron chi connectivity index (χ4n) is 1.84. The second-order valence-corrected chi connectivity index (χ2v) is 6.30. The number of hydrogen-bond acceptors (Lipinski definition) is 3. The SMILES string of the molecule is CC(C)Cc1c(-c2sccc2Br)nn(C)c1N. The average Bonchev–Trinajstić information content (AvgIpc) is 2.77. The van der Waals surface area contributed by atoms with E-state index in [9.17, 15) is 0 Å². The summed E-state index contributed by atoms with van der Waals surface area (Å²) in [4.78, 5) is 1.16. The molecular formula is C12H16BrN3S. The lowest BCUT2D eigenvalue weighted by Crippen LogP contribution is -2.01. The summed E-state index contributed by atoms with van der Waals surface area (Å²) in [6, 6.07) is 2.05. The Labute approximate surface area is 114 Å². The Morgan fingerprint density at radius 2 is 2.24 bits per heavy atom. The lowest BCUT2D eigenvalue weighted by Gasteiger charge is -2.06. The zero-order chi connectivity index (χ0) is 12.6. The van der Waals surface area contributed by atoms with Crippen LogP contribution in [0.2, 0.25) is 0 Å². The Morgan fingerprint density at radius 1 is 1.53 bits per heavy atom. The molecular weight excluding hydrogens is 298 g/mol. The molecule has 2 rings (SSSR count). The van der Waals surface area contributed by atoms with Gasteiger partial charge in [0.15, 0.2) is 0 Å². The van der Waals surface area contributed by atoms with E-state index in [2.05, 4.69) is 40.3 Å². The van der Waals surface area contributed by atoms with Crippen LogP contribution in [0.4, 0.5) is 5.82 Å². The van der Waals surface area contributed by atoms with Crippen molar-refractivity contribution in [1.82, 2.24) is 9.78 Å². The van der Waals surface area contributed by atoms with Crippen molar-refractivity contribution in [2.24, 2.45) is 13.0 Å². The average molecular weight is 314 g/mol. The van der Waals surface area contributed by atoms with Crippen molar-refractivity contribution in [2.75, 3.05) is 5.73 Å². The fraction of sp³-hybridized carbons (Fsp3) is 0.417. The molecule has 2 aromatic rings. The lowest BCUT2D eigenvalue weighted by molar-refractivity contribution is 0.649. The minimum absolute atomic E-state index is 0.569. The standard InChI is InChI=1S/C12H16BrN3S/c1-7(2)6-8-10(15-16(3)12(8)14)11-9(13)4-5-17-11/h4-5,7H,6,14H2,1-3H3. The molecule has 0 spiro atoms. The topological polar surface area (TPSA) is 43.8 Å². The Kier molecular flexibility index (Phi) is 3.58. The maximum absolute atomic E-state index is 6.10. The van der Waals surface area contributed by atoms with E-state index in [0.29, 0.717) is 5.92 Å². The monoisotopic (exact) mass is 313 g/mol. The van der Waals surface area contributed by atoms with Gasteiger partial charge in [0.2, 0.25) is 0 Å². The van der Waals surface area contributed by atoms with Crippen molar-refractivity contribution in [3.8, 4) is 10.6 Å². The number of thiophene rings is 1. The summed E-state index contributed by atoms with van der Waals surface area (Å²) in [7, 11) is 1.89. The van der Waals surface area contributed by atoms with Crippen molar-refractivity contribution in [1.29, 1.82) is 0 Å². The molecule has 0 atom stereocenters. The normalized spacial score (nSPS) is 11.4. The molecule has 3 nitrogen and oxygen atoms in total. The summed E-state index contributed by atoms with van der Waals surface area (Å²) in [6.07, 6.45) is 0.958. The van der Waals surface area contributed by atoms with Gasteiger partial charge in [0.1, 0.15) is 11.5 Å². The Bertz CT molecular complexity index is 528. The van der Waals surface area contributed by atoms with Gasteiger partial charge in [0.25, 0.3) is 0 Å². The molecule has 0 amide bonds. The van der Waals surface area contributed by atoms with Gasteiger partial charge in [0, 0.05) is 17.1 Å². The number of aryl methyl sites for hydroxylation is 1. The number of aromatic nitrogens is 2. The maximum atomic E-state index is 6.10. The summed E-state index contributed by atoms with van der Waals surface area (Å²) in [5.41, 5.74) is 8.27. The van der Waals surface area contributed by atoms with E-state index >= 15 is 0 Å². The molecule has 17 heavy (non-hydrogen) atoms. The first kappa shape index (κ1) is 12.6. The molecule has 0 radical (unpaired) electrons. The van der Waals surface area contributed by atoms with Gasteiger partial charge in [-0.3, -0.25) is 4.68 Å². The van der Waals surface area contributed by atoms with E-state index in [-0.39, 0.29) is 0 Å². The molecule has 5 heteroatoms. The summed E-state index contributed by atoms with van der Waals surface area (Å²) in [5.74, 6) is 1.34. The molecule has 0 aromatic carbocycles. The zero-order valence-electron chi connectivity index (χ0n) is 10.2. The third-order valence-corrected chi connectivity index (χ3v) is 4.48. The molecule has 0 aliphatic carbocycles. The van der Waals surface area contributed by atoms with Gasteiger partial charge in [-0.25, -0.2) is 0 Å². The van der Waals surface area contributed by atoms with Crippen molar-refractivity contribution < 1.29 is 0 Å². The fourth-order valence-corrected chi connectivity index (χ4v) is 3.41. The summed E-state index contributed by atoms with van der Waals surface area (Å²) >= 11 is 5.25. The summed E-state index contributed by atoms with van der Waals surface area (Å²) in [6.45, 7) is 4.39. The van der Waals surface area contributed by atoms with Crippen molar-refractivity contribution in [2.45, 2.75) is 20.3 Å². The van der Waals surface area contributed by atoms with Gasteiger partial charge >= 0.3 is 0 Å². The predicted octanol–water partition coefficient (Wildman–Crippen LogP) is 3.69. The van der Waals surface area contributed by atoms with Gasteiger partial charge in [-0.2, -0.15) is 5.10 Å². The molecule has 0 saturated heterocycles.